The van der Waals surface area contributed by atoms with Gasteiger partial charge in [0.25, 0.3) is 5.91 Å². The number of hydrogen-bond acceptors (Lipinski definition) is 4. The third-order valence-corrected chi connectivity index (χ3v) is 4.02. The minimum atomic E-state index is -0.221. The Kier molecular flexibility index (Phi) is 4.10. The van der Waals surface area contributed by atoms with Crippen LogP contribution in [0.3, 0.4) is 0 Å². The number of hydrogen-bond donors (Lipinski definition) is 1. The second kappa shape index (κ2) is 6.20. The molecule has 2 amide bonds. The minimum Gasteiger partial charge on any atom is -0.346 e. The molecule has 1 aliphatic heterocycles. The molecule has 0 saturated heterocycles. The molecule has 1 atom stereocenters. The Morgan fingerprint density at radius 1 is 1.39 bits per heavy atom. The van der Waals surface area contributed by atoms with Crippen LogP contribution in [0.2, 0.25) is 0 Å². The summed E-state index contributed by atoms with van der Waals surface area (Å²) in [5.41, 5.74) is 1.76. The number of nitrogens with zero attached hydrogens (tertiary/aromatic N) is 4. The Morgan fingerprint density at radius 3 is 2.87 bits per heavy atom. The quantitative estimate of drug-likeness (QED) is 0.894. The third-order valence-electron chi connectivity index (χ3n) is 4.02. The number of rotatable bonds is 5. The van der Waals surface area contributed by atoms with Crippen molar-refractivity contribution in [2.45, 2.75) is 25.9 Å². The van der Waals surface area contributed by atoms with E-state index in [0.717, 1.165) is 11.1 Å². The molecule has 1 aliphatic rings. The predicted molar refractivity (Wildman–Crippen MR) is 83.4 cm³/mol. The summed E-state index contributed by atoms with van der Waals surface area (Å²) in [6, 6.07) is 7.33. The number of benzene rings is 1. The third kappa shape index (κ3) is 3.08. The number of carbonyl (C=O) groups excluding carboxylic acids is 2. The number of nitrogens with one attached hydrogen (secondary N) is 1. The summed E-state index contributed by atoms with van der Waals surface area (Å²) in [7, 11) is 1.78. The fourth-order valence-electron chi connectivity index (χ4n) is 2.81. The van der Waals surface area contributed by atoms with Gasteiger partial charge in [-0.25, -0.2) is 4.98 Å². The molecule has 2 heterocycles. The molecule has 1 aromatic carbocycles. The largest absolute Gasteiger partial charge is 0.346 e. The Balaban J connectivity index is 1.52. The van der Waals surface area contributed by atoms with Gasteiger partial charge in [0.05, 0.1) is 6.04 Å². The van der Waals surface area contributed by atoms with E-state index < -0.39 is 0 Å². The second-order valence-electron chi connectivity index (χ2n) is 5.66. The first-order valence-electron chi connectivity index (χ1n) is 7.56. The summed E-state index contributed by atoms with van der Waals surface area (Å²) in [4.78, 5) is 30.1. The first kappa shape index (κ1) is 15.2. The Labute approximate surface area is 134 Å². The highest BCUT2D eigenvalue weighted by atomic mass is 16.2. The number of carbonyl (C=O) groups is 2. The van der Waals surface area contributed by atoms with Crippen LogP contribution in [-0.4, -0.2) is 38.0 Å². The zero-order chi connectivity index (χ0) is 16.4. The van der Waals surface area contributed by atoms with Gasteiger partial charge in [-0.15, -0.1) is 0 Å². The number of fused-ring (bicyclic) bond motifs is 1. The van der Waals surface area contributed by atoms with Crippen molar-refractivity contribution in [3.63, 3.8) is 0 Å². The first-order valence-corrected chi connectivity index (χ1v) is 7.56. The van der Waals surface area contributed by atoms with Crippen LogP contribution in [0, 0.1) is 0 Å². The van der Waals surface area contributed by atoms with Crippen molar-refractivity contribution in [3.8, 4) is 0 Å². The smallest absolute Gasteiger partial charge is 0.254 e. The highest BCUT2D eigenvalue weighted by Crippen LogP contribution is 2.22. The van der Waals surface area contributed by atoms with Crippen LogP contribution in [0.1, 0.15) is 41.1 Å². The number of aromatic nitrogens is 3. The predicted octanol–water partition coefficient (Wildman–Crippen LogP) is 1.04. The van der Waals surface area contributed by atoms with E-state index in [9.17, 15) is 9.59 Å². The normalized spacial score (nSPS) is 14.7. The molecule has 0 radical (unpaired) electrons. The van der Waals surface area contributed by atoms with E-state index in [1.807, 2.05) is 31.2 Å². The van der Waals surface area contributed by atoms with Gasteiger partial charge >= 0.3 is 0 Å². The maximum Gasteiger partial charge on any atom is 0.254 e. The molecule has 0 fully saturated rings. The van der Waals surface area contributed by atoms with E-state index in [1.165, 1.54) is 6.33 Å². The van der Waals surface area contributed by atoms with Gasteiger partial charge in [0.2, 0.25) is 5.91 Å². The second-order valence-corrected chi connectivity index (χ2v) is 5.66. The lowest BCUT2D eigenvalue weighted by Gasteiger charge is -2.17. The lowest BCUT2D eigenvalue weighted by atomic mass is 10.1. The van der Waals surface area contributed by atoms with Crippen LogP contribution >= 0.6 is 0 Å². The molecule has 7 nitrogen and oxygen atoms in total. The highest BCUT2D eigenvalue weighted by molar-refractivity contribution is 5.98. The molecule has 0 spiro atoms. The van der Waals surface area contributed by atoms with Crippen molar-refractivity contribution in [1.82, 2.24) is 25.0 Å². The van der Waals surface area contributed by atoms with E-state index in [1.54, 1.807) is 16.6 Å². The van der Waals surface area contributed by atoms with Crippen molar-refractivity contribution in [2.75, 3.05) is 6.54 Å². The SMILES string of the molecule is C[C@H](NC(=O)CCN1Cc2ccccc2C1=O)c1ncnn1C. The summed E-state index contributed by atoms with van der Waals surface area (Å²) in [5, 5.41) is 6.87. The van der Waals surface area contributed by atoms with Crippen molar-refractivity contribution < 1.29 is 9.59 Å². The van der Waals surface area contributed by atoms with E-state index in [4.69, 9.17) is 0 Å². The van der Waals surface area contributed by atoms with E-state index in [0.29, 0.717) is 18.9 Å². The molecule has 23 heavy (non-hydrogen) atoms. The summed E-state index contributed by atoms with van der Waals surface area (Å²) >= 11 is 0. The van der Waals surface area contributed by atoms with Crippen LogP contribution in [-0.2, 0) is 18.4 Å². The number of amides is 2. The van der Waals surface area contributed by atoms with Crippen LogP contribution in [0.4, 0.5) is 0 Å². The summed E-state index contributed by atoms with van der Waals surface area (Å²) in [6.07, 6.45) is 1.72. The van der Waals surface area contributed by atoms with Crippen molar-refractivity contribution in [1.29, 1.82) is 0 Å². The van der Waals surface area contributed by atoms with Crippen LogP contribution in [0.15, 0.2) is 30.6 Å². The molecular weight excluding hydrogens is 294 g/mol. The number of aryl methyl sites for hydroxylation is 1. The molecule has 2 aromatic rings. The maximum absolute atomic E-state index is 12.2. The molecule has 1 aromatic heterocycles. The lowest BCUT2D eigenvalue weighted by molar-refractivity contribution is -0.122. The van der Waals surface area contributed by atoms with Gasteiger partial charge in [0, 0.05) is 32.1 Å². The van der Waals surface area contributed by atoms with E-state index in [2.05, 4.69) is 15.4 Å². The van der Waals surface area contributed by atoms with Gasteiger partial charge in [0.1, 0.15) is 12.2 Å². The molecule has 3 rings (SSSR count). The van der Waals surface area contributed by atoms with Gasteiger partial charge in [-0.3, -0.25) is 14.3 Å². The Morgan fingerprint density at radius 2 is 2.17 bits per heavy atom. The topological polar surface area (TPSA) is 80.1 Å². The molecule has 7 heteroatoms. The molecule has 0 aliphatic carbocycles. The molecule has 120 valence electrons. The zero-order valence-corrected chi connectivity index (χ0v) is 13.2. The zero-order valence-electron chi connectivity index (χ0n) is 13.2. The van der Waals surface area contributed by atoms with Gasteiger partial charge < -0.3 is 10.2 Å². The average molecular weight is 313 g/mol. The Bertz CT molecular complexity index is 740. The van der Waals surface area contributed by atoms with Gasteiger partial charge in [-0.1, -0.05) is 18.2 Å². The van der Waals surface area contributed by atoms with Crippen LogP contribution < -0.4 is 5.32 Å². The average Bonchev–Trinajstić information content (AvgIpc) is 3.10. The van der Waals surface area contributed by atoms with Gasteiger partial charge in [-0.05, 0) is 18.6 Å². The maximum atomic E-state index is 12.2. The molecule has 0 bridgehead atoms. The lowest BCUT2D eigenvalue weighted by Crippen LogP contribution is -2.33. The van der Waals surface area contributed by atoms with Crippen molar-refractivity contribution in [3.05, 3.63) is 47.5 Å². The van der Waals surface area contributed by atoms with Gasteiger partial charge in [0.15, 0.2) is 0 Å². The van der Waals surface area contributed by atoms with E-state index in [-0.39, 0.29) is 24.3 Å². The van der Waals surface area contributed by atoms with E-state index >= 15 is 0 Å². The van der Waals surface area contributed by atoms with Crippen molar-refractivity contribution in [2.24, 2.45) is 7.05 Å². The summed E-state index contributed by atoms with van der Waals surface area (Å²) in [6.45, 7) is 2.84. The van der Waals surface area contributed by atoms with Crippen LogP contribution in [0.5, 0.6) is 0 Å². The summed E-state index contributed by atoms with van der Waals surface area (Å²) < 4.78 is 1.63. The molecule has 0 unspecified atom stereocenters. The fourth-order valence-corrected chi connectivity index (χ4v) is 2.81. The highest BCUT2D eigenvalue weighted by Gasteiger charge is 2.27. The first-order chi connectivity index (χ1) is 11.1. The minimum absolute atomic E-state index is 0.00486. The molecular formula is C16H19N5O2. The van der Waals surface area contributed by atoms with Crippen LogP contribution in [0.25, 0.3) is 0 Å². The standard InChI is InChI=1S/C16H19N5O2/c1-11(15-17-10-18-20(15)2)19-14(22)7-8-21-9-12-5-3-4-6-13(12)16(21)23/h3-6,10-11H,7-9H2,1-2H3,(H,19,22)/t11-/m0/s1. The molecule has 1 N–H and O–H groups in total. The fraction of sp³-hybridized carbons (Fsp3) is 0.375. The van der Waals surface area contributed by atoms with Crippen molar-refractivity contribution >= 4 is 11.8 Å². The Hall–Kier alpha value is -2.70. The summed E-state index contributed by atoms with van der Waals surface area (Å²) in [5.74, 6) is 0.585. The van der Waals surface area contributed by atoms with Gasteiger partial charge in [-0.2, -0.15) is 5.10 Å². The molecule has 0 saturated carbocycles. The monoisotopic (exact) mass is 313 g/mol.